The number of aryl methyl sites for hydroxylation is 2. The molecule has 0 saturated carbocycles. The van der Waals surface area contributed by atoms with Gasteiger partial charge >= 0.3 is 0 Å². The fourth-order valence-corrected chi connectivity index (χ4v) is 2.05. The third kappa shape index (κ3) is 2.42. The molecule has 0 amide bonds. The van der Waals surface area contributed by atoms with Crippen molar-refractivity contribution in [3.63, 3.8) is 0 Å². The minimum atomic E-state index is -0.395. The maximum Gasteiger partial charge on any atom is 0.261 e. The first kappa shape index (κ1) is 12.5. The topological polar surface area (TPSA) is 65.6 Å². The van der Waals surface area contributed by atoms with Crippen molar-refractivity contribution in [3.8, 4) is 0 Å². The second-order valence-electron chi connectivity index (χ2n) is 4.42. The van der Waals surface area contributed by atoms with Crippen molar-refractivity contribution in [1.29, 1.82) is 0 Å². The van der Waals surface area contributed by atoms with Gasteiger partial charge in [-0.15, -0.1) is 5.10 Å². The first-order chi connectivity index (χ1) is 9.74. The number of benzene rings is 1. The number of fused-ring (bicyclic) bond motifs is 1. The molecule has 3 rings (SSSR count). The van der Waals surface area contributed by atoms with Crippen molar-refractivity contribution in [3.05, 3.63) is 53.1 Å². The van der Waals surface area contributed by atoms with Crippen LogP contribution in [0, 0.1) is 5.82 Å². The van der Waals surface area contributed by atoms with E-state index < -0.39 is 5.82 Å². The van der Waals surface area contributed by atoms with E-state index in [1.807, 2.05) is 0 Å². The summed E-state index contributed by atoms with van der Waals surface area (Å²) < 4.78 is 16.3. The van der Waals surface area contributed by atoms with Crippen molar-refractivity contribution >= 4 is 10.9 Å². The van der Waals surface area contributed by atoms with Crippen LogP contribution in [0.25, 0.3) is 10.9 Å². The van der Waals surface area contributed by atoms with Crippen LogP contribution in [0.1, 0.15) is 6.42 Å². The molecule has 102 valence electrons. The van der Waals surface area contributed by atoms with E-state index in [2.05, 4.69) is 15.3 Å². The second-order valence-corrected chi connectivity index (χ2v) is 4.42. The smallest absolute Gasteiger partial charge is 0.261 e. The second kappa shape index (κ2) is 5.20. The van der Waals surface area contributed by atoms with Crippen LogP contribution in [0.2, 0.25) is 0 Å². The first-order valence-electron chi connectivity index (χ1n) is 6.23. The van der Waals surface area contributed by atoms with E-state index in [0.29, 0.717) is 24.0 Å². The molecule has 3 aromatic rings. The van der Waals surface area contributed by atoms with Gasteiger partial charge < -0.3 is 0 Å². The summed E-state index contributed by atoms with van der Waals surface area (Å²) in [6.07, 6.45) is 5.56. The van der Waals surface area contributed by atoms with Crippen molar-refractivity contribution in [2.75, 3.05) is 0 Å². The van der Waals surface area contributed by atoms with Gasteiger partial charge in [0, 0.05) is 25.4 Å². The number of aromatic nitrogens is 5. The zero-order valence-corrected chi connectivity index (χ0v) is 10.6. The van der Waals surface area contributed by atoms with E-state index in [1.54, 1.807) is 17.1 Å². The van der Waals surface area contributed by atoms with Crippen LogP contribution < -0.4 is 5.56 Å². The molecule has 0 saturated heterocycles. The summed E-state index contributed by atoms with van der Waals surface area (Å²) in [5, 5.41) is 7.99. The Morgan fingerprint density at radius 1 is 1.25 bits per heavy atom. The molecular formula is C13H12FN5O. The van der Waals surface area contributed by atoms with Gasteiger partial charge in [-0.3, -0.25) is 14.0 Å². The maximum absolute atomic E-state index is 13.1. The van der Waals surface area contributed by atoms with Crippen molar-refractivity contribution in [2.24, 2.45) is 0 Å². The molecule has 7 heteroatoms. The number of nitrogens with zero attached hydrogens (tertiary/aromatic N) is 5. The van der Waals surface area contributed by atoms with Crippen molar-refractivity contribution in [2.45, 2.75) is 19.5 Å². The van der Waals surface area contributed by atoms with Gasteiger partial charge in [-0.05, 0) is 18.6 Å². The van der Waals surface area contributed by atoms with Crippen molar-refractivity contribution < 1.29 is 4.39 Å². The highest BCUT2D eigenvalue weighted by Crippen LogP contribution is 2.08. The van der Waals surface area contributed by atoms with E-state index in [4.69, 9.17) is 0 Å². The van der Waals surface area contributed by atoms with E-state index >= 15 is 0 Å². The zero-order chi connectivity index (χ0) is 13.9. The Balaban J connectivity index is 1.80. The number of rotatable bonds is 4. The predicted octanol–water partition coefficient (Wildman–Crippen LogP) is 1.22. The molecule has 0 unspecified atom stereocenters. The van der Waals surface area contributed by atoms with Crippen LogP contribution in [0.3, 0.4) is 0 Å². The molecule has 0 aliphatic carbocycles. The lowest BCUT2D eigenvalue weighted by atomic mass is 10.2. The zero-order valence-electron chi connectivity index (χ0n) is 10.6. The Morgan fingerprint density at radius 2 is 2.15 bits per heavy atom. The van der Waals surface area contributed by atoms with Gasteiger partial charge in [0.2, 0.25) is 0 Å². The number of hydrogen-bond donors (Lipinski definition) is 0. The Bertz CT molecular complexity index is 781. The number of hydrogen-bond acceptors (Lipinski definition) is 4. The highest BCUT2D eigenvalue weighted by molar-refractivity contribution is 5.77. The molecule has 1 aromatic carbocycles. The van der Waals surface area contributed by atoms with Gasteiger partial charge in [0.25, 0.3) is 5.56 Å². The van der Waals surface area contributed by atoms with Gasteiger partial charge in [0.1, 0.15) is 5.82 Å². The summed E-state index contributed by atoms with van der Waals surface area (Å²) in [5.74, 6) is -0.395. The summed E-state index contributed by atoms with van der Waals surface area (Å²) in [5.41, 5.74) is 0.219. The molecule has 0 aliphatic heterocycles. The molecule has 2 aromatic heterocycles. The quantitative estimate of drug-likeness (QED) is 0.717. The molecule has 20 heavy (non-hydrogen) atoms. The van der Waals surface area contributed by atoms with Gasteiger partial charge in [-0.2, -0.15) is 0 Å². The fraction of sp³-hybridized carbons (Fsp3) is 0.231. The molecule has 6 nitrogen and oxygen atoms in total. The van der Waals surface area contributed by atoms with Gasteiger partial charge in [-0.25, -0.2) is 9.37 Å². The van der Waals surface area contributed by atoms with Crippen LogP contribution in [0.5, 0.6) is 0 Å². The fourth-order valence-electron chi connectivity index (χ4n) is 2.05. The average Bonchev–Trinajstić information content (AvgIpc) is 2.94. The summed E-state index contributed by atoms with van der Waals surface area (Å²) in [7, 11) is 0. The standard InChI is InChI=1S/C13H12FN5O/c14-10-2-3-11-12(8-10)15-9-18(13(11)20)5-1-6-19-7-4-16-17-19/h2-4,7-9H,1,5-6H2. The summed E-state index contributed by atoms with van der Waals surface area (Å²) in [4.78, 5) is 16.3. The summed E-state index contributed by atoms with van der Waals surface area (Å²) in [6, 6.07) is 4.00. The SMILES string of the molecule is O=c1c2ccc(F)cc2ncn1CCCn1ccnn1. The molecule has 2 heterocycles. The minimum Gasteiger partial charge on any atom is -0.299 e. The Hall–Kier alpha value is -2.57. The van der Waals surface area contributed by atoms with Crippen molar-refractivity contribution in [1.82, 2.24) is 24.5 Å². The van der Waals surface area contributed by atoms with E-state index in [0.717, 1.165) is 6.42 Å². The highest BCUT2D eigenvalue weighted by atomic mass is 19.1. The third-order valence-electron chi connectivity index (χ3n) is 3.05. The molecule has 0 atom stereocenters. The molecule has 0 radical (unpaired) electrons. The first-order valence-corrected chi connectivity index (χ1v) is 6.23. The lowest BCUT2D eigenvalue weighted by Gasteiger charge is -2.06. The summed E-state index contributed by atoms with van der Waals surface area (Å²) >= 11 is 0. The van der Waals surface area contributed by atoms with E-state index in [1.165, 1.54) is 29.1 Å². The average molecular weight is 273 g/mol. The highest BCUT2D eigenvalue weighted by Gasteiger charge is 2.05. The Kier molecular flexibility index (Phi) is 3.24. The lowest BCUT2D eigenvalue weighted by Crippen LogP contribution is -2.21. The van der Waals surface area contributed by atoms with Crippen LogP contribution in [0.4, 0.5) is 4.39 Å². The van der Waals surface area contributed by atoms with Gasteiger partial charge in [0.15, 0.2) is 0 Å². The van der Waals surface area contributed by atoms with Crippen LogP contribution >= 0.6 is 0 Å². The lowest BCUT2D eigenvalue weighted by molar-refractivity contribution is 0.507. The molecule has 0 aliphatic rings. The molecule has 0 fully saturated rings. The Morgan fingerprint density at radius 3 is 2.95 bits per heavy atom. The molecule has 0 bridgehead atoms. The largest absolute Gasteiger partial charge is 0.299 e. The van der Waals surface area contributed by atoms with Gasteiger partial charge in [-0.1, -0.05) is 5.21 Å². The molecular weight excluding hydrogens is 261 g/mol. The van der Waals surface area contributed by atoms with Gasteiger partial charge in [0.05, 0.1) is 23.4 Å². The molecule has 0 N–H and O–H groups in total. The van der Waals surface area contributed by atoms with E-state index in [9.17, 15) is 9.18 Å². The van der Waals surface area contributed by atoms with Crippen LogP contribution in [0.15, 0.2) is 41.7 Å². The minimum absolute atomic E-state index is 0.159. The maximum atomic E-state index is 13.1. The van der Waals surface area contributed by atoms with Crippen LogP contribution in [-0.2, 0) is 13.1 Å². The predicted molar refractivity (Wildman–Crippen MR) is 70.6 cm³/mol. The monoisotopic (exact) mass is 273 g/mol. The summed E-state index contributed by atoms with van der Waals surface area (Å²) in [6.45, 7) is 1.20. The normalized spacial score (nSPS) is 11.1. The van der Waals surface area contributed by atoms with E-state index in [-0.39, 0.29) is 5.56 Å². The Labute approximate surface area is 113 Å². The molecule has 0 spiro atoms. The van der Waals surface area contributed by atoms with Crippen LogP contribution in [-0.4, -0.2) is 24.5 Å². The number of halogens is 1. The third-order valence-corrected chi connectivity index (χ3v) is 3.05.